The molecule has 0 aliphatic heterocycles. The summed E-state index contributed by atoms with van der Waals surface area (Å²) in [6.45, 7) is 0.237. The van der Waals surface area contributed by atoms with Crippen LogP contribution in [0.15, 0.2) is 17.5 Å². The molecule has 2 heterocycles. The van der Waals surface area contributed by atoms with Crippen molar-refractivity contribution in [2.75, 3.05) is 19.0 Å². The van der Waals surface area contributed by atoms with E-state index in [9.17, 15) is 14.4 Å². The monoisotopic (exact) mass is 392 g/mol. The van der Waals surface area contributed by atoms with Gasteiger partial charge in [0, 0.05) is 17.8 Å². The van der Waals surface area contributed by atoms with E-state index < -0.39 is 5.97 Å². The van der Waals surface area contributed by atoms with Crippen LogP contribution in [0.1, 0.15) is 49.7 Å². The Morgan fingerprint density at radius 3 is 2.77 bits per heavy atom. The molecule has 2 amide bonds. The topological polar surface area (TPSA) is 84.5 Å². The van der Waals surface area contributed by atoms with Crippen molar-refractivity contribution in [2.45, 2.75) is 32.1 Å². The van der Waals surface area contributed by atoms with Crippen molar-refractivity contribution in [1.82, 2.24) is 5.32 Å². The lowest BCUT2D eigenvalue weighted by Crippen LogP contribution is -2.27. The summed E-state index contributed by atoms with van der Waals surface area (Å²) in [5, 5.41) is 7.93. The number of anilines is 1. The van der Waals surface area contributed by atoms with Gasteiger partial charge in [0.15, 0.2) is 0 Å². The zero-order chi connectivity index (χ0) is 18.5. The Balaban J connectivity index is 1.61. The van der Waals surface area contributed by atoms with E-state index in [0.29, 0.717) is 15.4 Å². The van der Waals surface area contributed by atoms with Gasteiger partial charge in [-0.25, -0.2) is 4.79 Å². The standard InChI is InChI=1S/C18H20N2O4S2/c1-24-18(23)15-11-5-2-3-6-12(11)26-17(15)20-14(21)8-9-19-16(22)13-7-4-10-25-13/h4,7,10H,2-3,5-6,8-9H2,1H3,(H,19,22)(H,20,21). The first kappa shape index (κ1) is 18.6. The summed E-state index contributed by atoms with van der Waals surface area (Å²) in [5.41, 5.74) is 1.50. The van der Waals surface area contributed by atoms with E-state index >= 15 is 0 Å². The summed E-state index contributed by atoms with van der Waals surface area (Å²) in [5.74, 6) is -0.833. The van der Waals surface area contributed by atoms with Crippen molar-refractivity contribution in [1.29, 1.82) is 0 Å². The fourth-order valence-electron chi connectivity index (χ4n) is 2.95. The molecule has 0 saturated heterocycles. The predicted octanol–water partition coefficient (Wildman–Crippen LogP) is 3.23. The number of hydrogen-bond acceptors (Lipinski definition) is 6. The van der Waals surface area contributed by atoms with Gasteiger partial charge >= 0.3 is 5.97 Å². The summed E-state index contributed by atoms with van der Waals surface area (Å²) < 4.78 is 4.90. The third-order valence-corrected chi connectivity index (χ3v) is 6.27. The SMILES string of the molecule is COC(=O)c1c(NC(=O)CCNC(=O)c2cccs2)sc2c1CCCC2. The number of fused-ring (bicyclic) bond motifs is 1. The minimum absolute atomic E-state index is 0.139. The van der Waals surface area contributed by atoms with Crippen molar-refractivity contribution in [3.8, 4) is 0 Å². The van der Waals surface area contributed by atoms with Gasteiger partial charge < -0.3 is 15.4 Å². The molecule has 1 aliphatic rings. The maximum atomic E-state index is 12.3. The largest absolute Gasteiger partial charge is 0.465 e. The normalized spacial score (nSPS) is 13.0. The molecule has 138 valence electrons. The number of esters is 1. The highest BCUT2D eigenvalue weighted by Crippen LogP contribution is 2.38. The highest BCUT2D eigenvalue weighted by atomic mass is 32.1. The second-order valence-electron chi connectivity index (χ2n) is 5.94. The average Bonchev–Trinajstić information content (AvgIpc) is 3.28. The lowest BCUT2D eigenvalue weighted by Gasteiger charge is -2.11. The van der Waals surface area contributed by atoms with Crippen LogP contribution < -0.4 is 10.6 Å². The van der Waals surface area contributed by atoms with Crippen molar-refractivity contribution >= 4 is 45.5 Å². The Hall–Kier alpha value is -2.19. The fraction of sp³-hybridized carbons (Fsp3) is 0.389. The van der Waals surface area contributed by atoms with Crippen LogP contribution in [0.25, 0.3) is 0 Å². The van der Waals surface area contributed by atoms with Crippen molar-refractivity contribution < 1.29 is 19.1 Å². The molecule has 26 heavy (non-hydrogen) atoms. The number of ether oxygens (including phenoxy) is 1. The molecular formula is C18H20N2O4S2. The van der Waals surface area contributed by atoms with Crippen LogP contribution >= 0.6 is 22.7 Å². The maximum absolute atomic E-state index is 12.3. The minimum Gasteiger partial charge on any atom is -0.465 e. The molecule has 0 atom stereocenters. The highest BCUT2D eigenvalue weighted by Gasteiger charge is 2.26. The van der Waals surface area contributed by atoms with Crippen LogP contribution in [0.4, 0.5) is 5.00 Å². The van der Waals surface area contributed by atoms with Crippen molar-refractivity contribution in [3.05, 3.63) is 38.4 Å². The molecule has 6 nitrogen and oxygen atoms in total. The fourth-order valence-corrected chi connectivity index (χ4v) is 4.88. The van der Waals surface area contributed by atoms with Gasteiger partial charge in [-0.3, -0.25) is 9.59 Å². The van der Waals surface area contributed by atoms with Gasteiger partial charge in [0.05, 0.1) is 17.6 Å². The summed E-state index contributed by atoms with van der Waals surface area (Å²) in [7, 11) is 1.35. The lowest BCUT2D eigenvalue weighted by molar-refractivity contribution is -0.116. The molecule has 8 heteroatoms. The smallest absolute Gasteiger partial charge is 0.341 e. The van der Waals surface area contributed by atoms with Gasteiger partial charge in [-0.1, -0.05) is 6.07 Å². The number of thiophene rings is 2. The third kappa shape index (κ3) is 4.13. The number of methoxy groups -OCH3 is 1. The summed E-state index contributed by atoms with van der Waals surface area (Å²) in [4.78, 5) is 38.0. The van der Waals surface area contributed by atoms with E-state index in [1.165, 1.54) is 29.8 Å². The lowest BCUT2D eigenvalue weighted by atomic mass is 9.95. The second-order valence-corrected chi connectivity index (χ2v) is 7.99. The quantitative estimate of drug-likeness (QED) is 0.739. The molecule has 1 aliphatic carbocycles. The van der Waals surface area contributed by atoms with Gasteiger partial charge in [0.2, 0.25) is 5.91 Å². The van der Waals surface area contributed by atoms with E-state index in [1.54, 1.807) is 12.1 Å². The molecule has 2 aromatic heterocycles. The number of rotatable bonds is 6. The molecule has 0 unspecified atom stereocenters. The van der Waals surface area contributed by atoms with E-state index in [4.69, 9.17) is 4.74 Å². The summed E-state index contributed by atoms with van der Waals surface area (Å²) in [6, 6.07) is 3.54. The number of carbonyl (C=O) groups excluding carboxylic acids is 3. The Morgan fingerprint density at radius 2 is 2.04 bits per heavy atom. The Morgan fingerprint density at radius 1 is 1.23 bits per heavy atom. The van der Waals surface area contributed by atoms with E-state index in [2.05, 4.69) is 10.6 Å². The molecule has 0 bridgehead atoms. The first-order valence-electron chi connectivity index (χ1n) is 8.44. The Kier molecular flexibility index (Phi) is 6.05. The van der Waals surface area contributed by atoms with Crippen LogP contribution in [0.3, 0.4) is 0 Å². The van der Waals surface area contributed by atoms with Crippen LogP contribution in [-0.2, 0) is 22.4 Å². The molecular weight excluding hydrogens is 372 g/mol. The first-order valence-corrected chi connectivity index (χ1v) is 10.1. The molecule has 2 aromatic rings. The van der Waals surface area contributed by atoms with Gasteiger partial charge in [0.1, 0.15) is 5.00 Å². The third-order valence-electron chi connectivity index (χ3n) is 4.20. The van der Waals surface area contributed by atoms with Crippen LogP contribution in [0.5, 0.6) is 0 Å². The molecule has 3 rings (SSSR count). The van der Waals surface area contributed by atoms with Crippen LogP contribution in [-0.4, -0.2) is 31.4 Å². The van der Waals surface area contributed by atoms with Crippen LogP contribution in [0.2, 0.25) is 0 Å². The number of aryl methyl sites for hydroxylation is 1. The van der Waals surface area contributed by atoms with E-state index in [1.807, 2.05) is 5.38 Å². The predicted molar refractivity (Wildman–Crippen MR) is 102 cm³/mol. The molecule has 0 fully saturated rings. The van der Waals surface area contributed by atoms with Gasteiger partial charge in [-0.05, 0) is 42.7 Å². The minimum atomic E-state index is -0.411. The van der Waals surface area contributed by atoms with Gasteiger partial charge in [-0.2, -0.15) is 0 Å². The van der Waals surface area contributed by atoms with E-state index in [-0.39, 0.29) is 24.8 Å². The van der Waals surface area contributed by atoms with Gasteiger partial charge in [-0.15, -0.1) is 22.7 Å². The van der Waals surface area contributed by atoms with Gasteiger partial charge in [0.25, 0.3) is 5.91 Å². The molecule has 0 spiro atoms. The summed E-state index contributed by atoms with van der Waals surface area (Å²) >= 11 is 2.81. The van der Waals surface area contributed by atoms with E-state index in [0.717, 1.165) is 36.1 Å². The molecule has 0 saturated carbocycles. The second kappa shape index (κ2) is 8.46. The maximum Gasteiger partial charge on any atom is 0.341 e. The molecule has 2 N–H and O–H groups in total. The number of hydrogen-bond donors (Lipinski definition) is 2. The highest BCUT2D eigenvalue weighted by molar-refractivity contribution is 7.17. The Labute approximate surface area is 159 Å². The average molecular weight is 393 g/mol. The van der Waals surface area contributed by atoms with Crippen molar-refractivity contribution in [3.63, 3.8) is 0 Å². The van der Waals surface area contributed by atoms with Crippen LogP contribution in [0, 0.1) is 0 Å². The number of amides is 2. The number of nitrogens with one attached hydrogen (secondary N) is 2. The molecule has 0 radical (unpaired) electrons. The molecule has 0 aromatic carbocycles. The summed E-state index contributed by atoms with van der Waals surface area (Å²) in [6.07, 6.45) is 4.03. The zero-order valence-corrected chi connectivity index (χ0v) is 16.1. The first-order chi connectivity index (χ1) is 12.6. The number of carbonyl (C=O) groups is 3. The zero-order valence-electron chi connectivity index (χ0n) is 14.4. The van der Waals surface area contributed by atoms with Crippen molar-refractivity contribution in [2.24, 2.45) is 0 Å². The Bertz CT molecular complexity index is 812.